The van der Waals surface area contributed by atoms with Gasteiger partial charge < -0.3 is 9.15 Å². The van der Waals surface area contributed by atoms with Crippen LogP contribution < -0.4 is 10.4 Å². The highest BCUT2D eigenvalue weighted by atomic mass is 127. The molecule has 3 aromatic carbocycles. The first-order valence-electron chi connectivity index (χ1n) is 8.68. The fourth-order valence-corrected chi connectivity index (χ4v) is 3.54. The number of rotatable bonds is 4. The molecule has 0 aliphatic heterocycles. The Morgan fingerprint density at radius 2 is 1.68 bits per heavy atom. The summed E-state index contributed by atoms with van der Waals surface area (Å²) in [6, 6.07) is 23.7. The predicted octanol–water partition coefficient (Wildman–Crippen LogP) is 5.21. The Morgan fingerprint density at radius 1 is 0.929 bits per heavy atom. The standard InChI is InChI=1S/C23H15IO4/c24-17-10-6-9-16(14-17)22(25)28-21-18-11-4-5-12-20(18)27-23(26)19(21)13-15-7-2-1-3-8-15/h1-12,14H,13H2. The van der Waals surface area contributed by atoms with E-state index in [4.69, 9.17) is 9.15 Å². The fraction of sp³-hybridized carbons (Fsp3) is 0.0435. The molecule has 0 aliphatic rings. The van der Waals surface area contributed by atoms with Crippen molar-refractivity contribution in [2.75, 3.05) is 0 Å². The number of carbonyl (C=O) groups is 1. The number of fused-ring (bicyclic) bond motifs is 1. The van der Waals surface area contributed by atoms with Gasteiger partial charge in [-0.05, 0) is 58.5 Å². The molecular formula is C23H15IO4. The Morgan fingerprint density at radius 3 is 2.46 bits per heavy atom. The maximum absolute atomic E-state index is 12.8. The van der Waals surface area contributed by atoms with Crippen LogP contribution in [0.4, 0.5) is 0 Å². The van der Waals surface area contributed by atoms with Crippen LogP contribution in [0.1, 0.15) is 21.5 Å². The lowest BCUT2D eigenvalue weighted by molar-refractivity contribution is 0.0735. The zero-order valence-corrected chi connectivity index (χ0v) is 16.9. The summed E-state index contributed by atoms with van der Waals surface area (Å²) in [5, 5.41) is 0.590. The Labute approximate surface area is 174 Å². The first-order chi connectivity index (χ1) is 13.6. The summed E-state index contributed by atoms with van der Waals surface area (Å²) in [6.45, 7) is 0. The lowest BCUT2D eigenvalue weighted by Gasteiger charge is -2.12. The van der Waals surface area contributed by atoms with Crippen molar-refractivity contribution < 1.29 is 13.9 Å². The molecule has 28 heavy (non-hydrogen) atoms. The van der Waals surface area contributed by atoms with Crippen LogP contribution in [-0.4, -0.2) is 5.97 Å². The molecule has 0 N–H and O–H groups in total. The highest BCUT2D eigenvalue weighted by Gasteiger charge is 2.20. The molecular weight excluding hydrogens is 467 g/mol. The van der Waals surface area contributed by atoms with E-state index in [1.807, 2.05) is 42.5 Å². The van der Waals surface area contributed by atoms with Gasteiger partial charge in [-0.3, -0.25) is 0 Å². The van der Waals surface area contributed by atoms with Gasteiger partial charge in [-0.1, -0.05) is 48.5 Å². The molecule has 0 amide bonds. The van der Waals surface area contributed by atoms with Gasteiger partial charge in [0, 0.05) is 9.99 Å². The molecule has 1 heterocycles. The Balaban J connectivity index is 1.83. The quantitative estimate of drug-likeness (QED) is 0.228. The van der Waals surface area contributed by atoms with Crippen molar-refractivity contribution in [1.82, 2.24) is 0 Å². The van der Waals surface area contributed by atoms with Crippen molar-refractivity contribution in [2.24, 2.45) is 0 Å². The highest BCUT2D eigenvalue weighted by Crippen LogP contribution is 2.30. The second kappa shape index (κ2) is 7.98. The summed E-state index contributed by atoms with van der Waals surface area (Å²) in [4.78, 5) is 25.4. The number of esters is 1. The van der Waals surface area contributed by atoms with E-state index < -0.39 is 11.6 Å². The van der Waals surface area contributed by atoms with Crippen LogP contribution in [0.5, 0.6) is 5.75 Å². The molecule has 4 aromatic rings. The van der Waals surface area contributed by atoms with Crippen molar-refractivity contribution in [2.45, 2.75) is 6.42 Å². The van der Waals surface area contributed by atoms with Crippen molar-refractivity contribution >= 4 is 39.5 Å². The molecule has 0 atom stereocenters. The van der Waals surface area contributed by atoms with E-state index in [2.05, 4.69) is 22.6 Å². The van der Waals surface area contributed by atoms with Gasteiger partial charge in [0.2, 0.25) is 0 Å². The Kier molecular flexibility index (Phi) is 5.25. The van der Waals surface area contributed by atoms with Crippen LogP contribution in [0.2, 0.25) is 0 Å². The van der Waals surface area contributed by atoms with Gasteiger partial charge in [0.15, 0.2) is 5.75 Å². The average Bonchev–Trinajstić information content (AvgIpc) is 2.71. The van der Waals surface area contributed by atoms with Crippen LogP contribution in [-0.2, 0) is 6.42 Å². The number of hydrogen-bond donors (Lipinski definition) is 0. The molecule has 0 saturated carbocycles. The molecule has 4 rings (SSSR count). The molecule has 4 nitrogen and oxygen atoms in total. The van der Waals surface area contributed by atoms with Crippen LogP contribution in [0.3, 0.4) is 0 Å². The third kappa shape index (κ3) is 3.84. The minimum atomic E-state index is -0.511. The van der Waals surface area contributed by atoms with Crippen molar-refractivity contribution in [3.05, 3.63) is 110 Å². The summed E-state index contributed by atoms with van der Waals surface area (Å²) in [6.07, 6.45) is 0.308. The van der Waals surface area contributed by atoms with E-state index in [-0.39, 0.29) is 5.75 Å². The minimum absolute atomic E-state index is 0.250. The Bertz CT molecular complexity index is 1210. The summed E-state index contributed by atoms with van der Waals surface area (Å²) >= 11 is 2.14. The van der Waals surface area contributed by atoms with Gasteiger partial charge in [0.25, 0.3) is 0 Å². The zero-order valence-electron chi connectivity index (χ0n) is 14.7. The molecule has 1 aromatic heterocycles. The minimum Gasteiger partial charge on any atom is -0.422 e. The molecule has 138 valence electrons. The smallest absolute Gasteiger partial charge is 0.343 e. The SMILES string of the molecule is O=C(Oc1c(Cc2ccccc2)c(=O)oc2ccccc12)c1cccc(I)c1. The topological polar surface area (TPSA) is 56.5 Å². The lowest BCUT2D eigenvalue weighted by Crippen LogP contribution is -2.16. The normalized spacial score (nSPS) is 10.8. The second-order valence-corrected chi connectivity index (χ2v) is 7.50. The molecule has 0 spiro atoms. The molecule has 0 saturated heterocycles. The van der Waals surface area contributed by atoms with Crippen LogP contribution in [0.15, 0.2) is 88.1 Å². The van der Waals surface area contributed by atoms with Crippen LogP contribution in [0, 0.1) is 3.57 Å². The van der Waals surface area contributed by atoms with E-state index in [0.717, 1.165) is 9.13 Å². The Hall–Kier alpha value is -2.93. The van der Waals surface area contributed by atoms with E-state index in [0.29, 0.717) is 28.5 Å². The van der Waals surface area contributed by atoms with Gasteiger partial charge >= 0.3 is 11.6 Å². The third-order valence-electron chi connectivity index (χ3n) is 4.33. The van der Waals surface area contributed by atoms with Crippen LogP contribution in [0.25, 0.3) is 11.0 Å². The summed E-state index contributed by atoms with van der Waals surface area (Å²) < 4.78 is 12.1. The van der Waals surface area contributed by atoms with E-state index in [9.17, 15) is 9.59 Å². The fourth-order valence-electron chi connectivity index (χ4n) is 3.00. The van der Waals surface area contributed by atoms with Gasteiger partial charge in [-0.2, -0.15) is 0 Å². The lowest BCUT2D eigenvalue weighted by atomic mass is 10.0. The number of benzene rings is 3. The van der Waals surface area contributed by atoms with Crippen molar-refractivity contribution in [1.29, 1.82) is 0 Å². The first-order valence-corrected chi connectivity index (χ1v) is 9.76. The van der Waals surface area contributed by atoms with E-state index in [1.54, 1.807) is 36.4 Å². The van der Waals surface area contributed by atoms with Gasteiger partial charge in [0.05, 0.1) is 16.5 Å². The van der Waals surface area contributed by atoms with Crippen LogP contribution >= 0.6 is 22.6 Å². The molecule has 0 unspecified atom stereocenters. The number of carbonyl (C=O) groups excluding carboxylic acids is 1. The summed E-state index contributed by atoms with van der Waals surface area (Å²) in [5.74, 6) is -0.261. The summed E-state index contributed by atoms with van der Waals surface area (Å²) in [5.41, 5.74) is 1.55. The molecule has 0 fully saturated rings. The maximum atomic E-state index is 12.8. The van der Waals surface area contributed by atoms with E-state index in [1.165, 1.54) is 0 Å². The molecule has 5 heteroatoms. The second-order valence-electron chi connectivity index (χ2n) is 6.26. The van der Waals surface area contributed by atoms with Gasteiger partial charge in [-0.25, -0.2) is 9.59 Å². The third-order valence-corrected chi connectivity index (χ3v) is 5.00. The van der Waals surface area contributed by atoms with Crippen molar-refractivity contribution in [3.8, 4) is 5.75 Å². The highest BCUT2D eigenvalue weighted by molar-refractivity contribution is 14.1. The van der Waals surface area contributed by atoms with E-state index >= 15 is 0 Å². The zero-order chi connectivity index (χ0) is 19.5. The number of ether oxygens (including phenoxy) is 1. The average molecular weight is 482 g/mol. The largest absolute Gasteiger partial charge is 0.422 e. The monoisotopic (exact) mass is 482 g/mol. The summed E-state index contributed by atoms with van der Waals surface area (Å²) in [7, 11) is 0. The van der Waals surface area contributed by atoms with Crippen molar-refractivity contribution in [3.63, 3.8) is 0 Å². The number of halogens is 1. The number of para-hydroxylation sites is 1. The first kappa shape index (κ1) is 18.4. The molecule has 0 radical (unpaired) electrons. The predicted molar refractivity (Wildman–Crippen MR) is 116 cm³/mol. The molecule has 0 bridgehead atoms. The van der Waals surface area contributed by atoms with Gasteiger partial charge in [0.1, 0.15) is 5.58 Å². The molecule has 0 aliphatic carbocycles. The maximum Gasteiger partial charge on any atom is 0.343 e. The number of hydrogen-bond acceptors (Lipinski definition) is 4. The van der Waals surface area contributed by atoms with Gasteiger partial charge in [-0.15, -0.1) is 0 Å².